The van der Waals surface area contributed by atoms with Crippen LogP contribution >= 0.6 is 0 Å². The first-order valence-electron chi connectivity index (χ1n) is 11.2. The SMILES string of the molecule is CN1CC(=O)NC(Cc2ccccc2)C(=O)N2CCC[C@H]2C(=O)NCCc2cccc1c2. The molecule has 2 aromatic carbocycles. The van der Waals surface area contributed by atoms with Crippen LogP contribution in [0.4, 0.5) is 5.69 Å². The fourth-order valence-corrected chi connectivity index (χ4v) is 4.50. The van der Waals surface area contributed by atoms with Crippen LogP contribution in [0.2, 0.25) is 0 Å². The van der Waals surface area contributed by atoms with E-state index in [-0.39, 0.29) is 24.3 Å². The first-order valence-corrected chi connectivity index (χ1v) is 11.2. The predicted octanol–water partition coefficient (Wildman–Crippen LogP) is 1.51. The monoisotopic (exact) mass is 434 g/mol. The molecule has 0 saturated carbocycles. The van der Waals surface area contributed by atoms with E-state index in [2.05, 4.69) is 10.6 Å². The number of nitrogens with zero attached hydrogens (tertiary/aromatic N) is 2. The van der Waals surface area contributed by atoms with E-state index < -0.39 is 12.1 Å². The number of benzene rings is 2. The third-order valence-electron chi connectivity index (χ3n) is 6.20. The van der Waals surface area contributed by atoms with Crippen molar-refractivity contribution in [1.82, 2.24) is 15.5 Å². The highest BCUT2D eigenvalue weighted by Crippen LogP contribution is 2.21. The van der Waals surface area contributed by atoms with E-state index >= 15 is 0 Å². The van der Waals surface area contributed by atoms with Crippen LogP contribution in [0.3, 0.4) is 0 Å². The average molecular weight is 435 g/mol. The molecule has 168 valence electrons. The molecule has 7 heteroatoms. The number of fused-ring (bicyclic) bond motifs is 3. The smallest absolute Gasteiger partial charge is 0.246 e. The van der Waals surface area contributed by atoms with Crippen molar-refractivity contribution in [3.8, 4) is 0 Å². The van der Waals surface area contributed by atoms with Crippen molar-refractivity contribution in [2.75, 3.05) is 31.6 Å². The molecule has 4 rings (SSSR count). The molecule has 0 spiro atoms. The molecule has 0 aromatic heterocycles. The van der Waals surface area contributed by atoms with E-state index in [0.717, 1.165) is 23.2 Å². The zero-order chi connectivity index (χ0) is 22.5. The van der Waals surface area contributed by atoms with E-state index in [4.69, 9.17) is 0 Å². The quantitative estimate of drug-likeness (QED) is 0.751. The molecule has 0 radical (unpaired) electrons. The van der Waals surface area contributed by atoms with Gasteiger partial charge in [-0.1, -0.05) is 42.5 Å². The second-order valence-corrected chi connectivity index (χ2v) is 8.57. The number of nitrogens with one attached hydrogen (secondary N) is 2. The largest absolute Gasteiger partial charge is 0.365 e. The molecule has 1 unspecified atom stereocenters. The number of amides is 3. The standard InChI is InChI=1S/C25H30N4O3/c1-28-17-23(30)27-21(16-18-7-3-2-4-8-18)25(32)29-14-6-11-22(29)24(31)26-13-12-19-9-5-10-20(28)15-19/h2-5,7-10,15,21-22H,6,11-14,16-17H2,1H3,(H,26,31)(H,27,30)/t21?,22-/m0/s1. The summed E-state index contributed by atoms with van der Waals surface area (Å²) in [6.45, 7) is 1.18. The first kappa shape index (κ1) is 21.9. The summed E-state index contributed by atoms with van der Waals surface area (Å²) in [4.78, 5) is 42.8. The Labute approximate surface area is 188 Å². The number of hydrogen-bond acceptors (Lipinski definition) is 4. The van der Waals surface area contributed by atoms with Gasteiger partial charge in [0.2, 0.25) is 17.7 Å². The van der Waals surface area contributed by atoms with Crippen LogP contribution in [-0.2, 0) is 27.2 Å². The number of hydrogen-bond donors (Lipinski definition) is 2. The van der Waals surface area contributed by atoms with Gasteiger partial charge in [-0.3, -0.25) is 14.4 Å². The topological polar surface area (TPSA) is 81.8 Å². The summed E-state index contributed by atoms with van der Waals surface area (Å²) in [7, 11) is 1.86. The lowest BCUT2D eigenvalue weighted by Gasteiger charge is -2.29. The van der Waals surface area contributed by atoms with Crippen molar-refractivity contribution in [1.29, 1.82) is 0 Å². The predicted molar refractivity (Wildman–Crippen MR) is 123 cm³/mol. The molecule has 1 saturated heterocycles. The molecule has 2 aromatic rings. The van der Waals surface area contributed by atoms with Crippen LogP contribution in [0, 0.1) is 0 Å². The highest BCUT2D eigenvalue weighted by Gasteiger charge is 2.37. The number of carbonyl (C=O) groups is 3. The molecule has 2 bridgehead atoms. The van der Waals surface area contributed by atoms with Crippen LogP contribution < -0.4 is 15.5 Å². The lowest BCUT2D eigenvalue weighted by Crippen LogP contribution is -2.55. The molecular formula is C25H30N4O3. The normalized spacial score (nSPS) is 22.5. The Balaban J connectivity index is 1.62. The molecular weight excluding hydrogens is 404 g/mol. The maximum absolute atomic E-state index is 13.5. The Morgan fingerprint density at radius 3 is 2.66 bits per heavy atom. The summed E-state index contributed by atoms with van der Waals surface area (Å²) >= 11 is 0. The molecule has 3 amide bonds. The van der Waals surface area contributed by atoms with Gasteiger partial charge < -0.3 is 20.4 Å². The number of likely N-dealkylation sites (N-methyl/N-ethyl adjacent to an activating group) is 1. The Morgan fingerprint density at radius 2 is 1.84 bits per heavy atom. The number of carbonyl (C=O) groups excluding carboxylic acids is 3. The lowest BCUT2D eigenvalue weighted by molar-refractivity contribution is -0.141. The molecule has 2 N–H and O–H groups in total. The van der Waals surface area contributed by atoms with Crippen molar-refractivity contribution >= 4 is 23.4 Å². The molecule has 1 fully saturated rings. The van der Waals surface area contributed by atoms with Gasteiger partial charge in [0.25, 0.3) is 0 Å². The molecule has 32 heavy (non-hydrogen) atoms. The van der Waals surface area contributed by atoms with Crippen molar-refractivity contribution < 1.29 is 14.4 Å². The molecule has 2 heterocycles. The van der Waals surface area contributed by atoms with Gasteiger partial charge >= 0.3 is 0 Å². The third kappa shape index (κ3) is 5.10. The Morgan fingerprint density at radius 1 is 1.03 bits per heavy atom. The van der Waals surface area contributed by atoms with Gasteiger partial charge in [-0.2, -0.15) is 0 Å². The molecule has 0 aliphatic carbocycles. The minimum absolute atomic E-state index is 0.121. The van der Waals surface area contributed by atoms with E-state index in [1.165, 1.54) is 0 Å². The fraction of sp³-hybridized carbons (Fsp3) is 0.400. The van der Waals surface area contributed by atoms with Gasteiger partial charge in [0.15, 0.2) is 0 Å². The third-order valence-corrected chi connectivity index (χ3v) is 6.20. The first-order chi connectivity index (χ1) is 15.5. The highest BCUT2D eigenvalue weighted by molar-refractivity contribution is 5.93. The lowest BCUT2D eigenvalue weighted by atomic mass is 10.0. The highest BCUT2D eigenvalue weighted by atomic mass is 16.2. The summed E-state index contributed by atoms with van der Waals surface area (Å²) in [6.07, 6.45) is 2.49. The van der Waals surface area contributed by atoms with Crippen LogP contribution in [-0.4, -0.2) is 61.4 Å². The van der Waals surface area contributed by atoms with Crippen molar-refractivity contribution in [3.05, 3.63) is 65.7 Å². The minimum Gasteiger partial charge on any atom is -0.365 e. The van der Waals surface area contributed by atoms with Crippen molar-refractivity contribution in [2.24, 2.45) is 0 Å². The molecule has 2 atom stereocenters. The fourth-order valence-electron chi connectivity index (χ4n) is 4.50. The maximum atomic E-state index is 13.5. The van der Waals surface area contributed by atoms with Gasteiger partial charge in [0, 0.05) is 32.2 Å². The van der Waals surface area contributed by atoms with Crippen molar-refractivity contribution in [2.45, 2.75) is 37.8 Å². The van der Waals surface area contributed by atoms with E-state index in [1.54, 1.807) is 4.90 Å². The van der Waals surface area contributed by atoms with Gasteiger partial charge in [-0.25, -0.2) is 0 Å². The van der Waals surface area contributed by atoms with E-state index in [9.17, 15) is 14.4 Å². The van der Waals surface area contributed by atoms with Crippen LogP contribution in [0.15, 0.2) is 54.6 Å². The summed E-state index contributed by atoms with van der Waals surface area (Å²) in [5.74, 6) is -0.538. The van der Waals surface area contributed by atoms with Gasteiger partial charge in [-0.15, -0.1) is 0 Å². The molecule has 2 aliphatic rings. The maximum Gasteiger partial charge on any atom is 0.246 e. The van der Waals surface area contributed by atoms with E-state index in [0.29, 0.717) is 32.4 Å². The van der Waals surface area contributed by atoms with Crippen molar-refractivity contribution in [3.63, 3.8) is 0 Å². The summed E-state index contributed by atoms with van der Waals surface area (Å²) in [5, 5.41) is 5.95. The van der Waals surface area contributed by atoms with Gasteiger partial charge in [0.05, 0.1) is 6.54 Å². The second kappa shape index (κ2) is 9.85. The minimum atomic E-state index is -0.719. The van der Waals surface area contributed by atoms with E-state index in [1.807, 2.05) is 66.5 Å². The molecule has 2 aliphatic heterocycles. The van der Waals surface area contributed by atoms with Crippen LogP contribution in [0.5, 0.6) is 0 Å². The average Bonchev–Trinajstić information content (AvgIpc) is 3.28. The zero-order valence-electron chi connectivity index (χ0n) is 18.4. The number of anilines is 1. The summed E-state index contributed by atoms with van der Waals surface area (Å²) in [5.41, 5.74) is 2.97. The Bertz CT molecular complexity index is 978. The van der Waals surface area contributed by atoms with Gasteiger partial charge in [0.1, 0.15) is 12.1 Å². The van der Waals surface area contributed by atoms with Crippen LogP contribution in [0.1, 0.15) is 24.0 Å². The Kier molecular flexibility index (Phi) is 6.73. The Hall–Kier alpha value is -3.35. The zero-order valence-corrected chi connectivity index (χ0v) is 18.4. The summed E-state index contributed by atoms with van der Waals surface area (Å²) in [6, 6.07) is 16.4. The van der Waals surface area contributed by atoms with Gasteiger partial charge in [-0.05, 0) is 42.5 Å². The number of rotatable bonds is 2. The second-order valence-electron chi connectivity index (χ2n) is 8.57. The summed E-state index contributed by atoms with van der Waals surface area (Å²) < 4.78 is 0. The molecule has 7 nitrogen and oxygen atoms in total. The van der Waals surface area contributed by atoms with Crippen LogP contribution in [0.25, 0.3) is 0 Å².